The predicted molar refractivity (Wildman–Crippen MR) is 105 cm³/mol. The number of fused-ring (bicyclic) bond motifs is 5. The first kappa shape index (κ1) is 18.2. The first-order valence-corrected chi connectivity index (χ1v) is 14.3. The number of Topliss-reactive ketones (excluding diaryl/α,β-unsaturated/α-hetero) is 1. The van der Waals surface area contributed by atoms with Crippen LogP contribution in [0.15, 0.2) is 0 Å². The van der Waals surface area contributed by atoms with E-state index in [0.29, 0.717) is 23.2 Å². The van der Waals surface area contributed by atoms with Gasteiger partial charge in [0, 0.05) is 17.9 Å². The zero-order chi connectivity index (χ0) is 18.0. The van der Waals surface area contributed by atoms with Crippen molar-refractivity contribution < 1.29 is 9.22 Å². The summed E-state index contributed by atoms with van der Waals surface area (Å²) in [7, 11) is -1.43. The highest BCUT2D eigenvalue weighted by molar-refractivity contribution is 6.69. The molecular formula is C22H38O2Si. The zero-order valence-electron chi connectivity index (χ0n) is 17.1. The Kier molecular flexibility index (Phi) is 4.32. The zero-order valence-corrected chi connectivity index (χ0v) is 18.1. The third kappa shape index (κ3) is 2.88. The monoisotopic (exact) mass is 362 g/mol. The third-order valence-electron chi connectivity index (χ3n) is 8.85. The largest absolute Gasteiger partial charge is 0.415 e. The lowest BCUT2D eigenvalue weighted by molar-refractivity contribution is -0.141. The van der Waals surface area contributed by atoms with E-state index >= 15 is 0 Å². The van der Waals surface area contributed by atoms with Crippen molar-refractivity contribution >= 4 is 14.1 Å². The normalized spacial score (nSPS) is 50.1. The van der Waals surface area contributed by atoms with E-state index in [9.17, 15) is 4.79 Å². The Morgan fingerprint density at radius 2 is 1.72 bits per heavy atom. The highest BCUT2D eigenvalue weighted by Gasteiger charge is 2.60. The molecule has 4 aliphatic carbocycles. The lowest BCUT2D eigenvalue weighted by Crippen LogP contribution is -2.54. The molecule has 0 aromatic carbocycles. The summed E-state index contributed by atoms with van der Waals surface area (Å²) < 4.78 is 6.50. The molecule has 4 aliphatic rings. The van der Waals surface area contributed by atoms with Gasteiger partial charge in [0.25, 0.3) is 0 Å². The number of hydrogen-bond acceptors (Lipinski definition) is 2. The molecule has 142 valence electrons. The molecule has 4 fully saturated rings. The van der Waals surface area contributed by atoms with Crippen molar-refractivity contribution in [3.8, 4) is 0 Å². The van der Waals surface area contributed by atoms with Crippen molar-refractivity contribution in [1.29, 1.82) is 0 Å². The fourth-order valence-corrected chi connectivity index (χ4v) is 8.81. The number of rotatable bonds is 2. The molecule has 25 heavy (non-hydrogen) atoms. The van der Waals surface area contributed by atoms with E-state index in [0.717, 1.165) is 30.6 Å². The van der Waals surface area contributed by atoms with Crippen LogP contribution < -0.4 is 0 Å². The molecule has 2 nitrogen and oxygen atoms in total. The van der Waals surface area contributed by atoms with Gasteiger partial charge >= 0.3 is 0 Å². The van der Waals surface area contributed by atoms with Crippen LogP contribution >= 0.6 is 0 Å². The van der Waals surface area contributed by atoms with Gasteiger partial charge in [-0.3, -0.25) is 4.79 Å². The molecule has 7 atom stereocenters. The van der Waals surface area contributed by atoms with Gasteiger partial charge in [-0.15, -0.1) is 0 Å². The molecule has 3 heteroatoms. The SMILES string of the molecule is CC12CCC3C(CCC4CC(O[Si](C)(C)C)CCC43C)C1CCC2=O. The summed E-state index contributed by atoms with van der Waals surface area (Å²) in [6.45, 7) is 11.9. The third-order valence-corrected chi connectivity index (χ3v) is 9.89. The number of ketones is 1. The summed E-state index contributed by atoms with van der Waals surface area (Å²) >= 11 is 0. The lowest BCUT2D eigenvalue weighted by atomic mass is 9.45. The van der Waals surface area contributed by atoms with Crippen LogP contribution in [0.3, 0.4) is 0 Å². The maximum atomic E-state index is 12.5. The van der Waals surface area contributed by atoms with Gasteiger partial charge in [-0.05, 0) is 100 Å². The fourth-order valence-electron chi connectivity index (χ4n) is 7.60. The van der Waals surface area contributed by atoms with Crippen molar-refractivity contribution in [3.05, 3.63) is 0 Å². The van der Waals surface area contributed by atoms with E-state index in [2.05, 4.69) is 33.5 Å². The number of carbonyl (C=O) groups excluding carboxylic acids is 1. The van der Waals surface area contributed by atoms with E-state index in [1.54, 1.807) is 0 Å². The molecule has 0 saturated heterocycles. The fraction of sp³-hybridized carbons (Fsp3) is 0.955. The molecule has 0 amide bonds. The topological polar surface area (TPSA) is 26.3 Å². The van der Waals surface area contributed by atoms with E-state index in [1.807, 2.05) is 0 Å². The number of hydrogen-bond donors (Lipinski definition) is 0. The Bertz CT molecular complexity index is 553. The van der Waals surface area contributed by atoms with Crippen LogP contribution in [0, 0.1) is 34.5 Å². The van der Waals surface area contributed by atoms with Crippen LogP contribution in [0.25, 0.3) is 0 Å². The van der Waals surface area contributed by atoms with Crippen LogP contribution in [-0.2, 0) is 9.22 Å². The molecule has 0 bridgehead atoms. The maximum Gasteiger partial charge on any atom is 0.184 e. The lowest BCUT2D eigenvalue weighted by Gasteiger charge is -2.60. The second-order valence-corrected chi connectivity index (χ2v) is 15.7. The van der Waals surface area contributed by atoms with Gasteiger partial charge in [0.2, 0.25) is 0 Å². The second kappa shape index (κ2) is 5.92. The van der Waals surface area contributed by atoms with E-state index in [-0.39, 0.29) is 5.41 Å². The highest BCUT2D eigenvalue weighted by Crippen LogP contribution is 2.65. The summed E-state index contributed by atoms with van der Waals surface area (Å²) in [6, 6.07) is 0. The quantitative estimate of drug-likeness (QED) is 0.579. The molecule has 0 spiro atoms. The standard InChI is InChI=1S/C22H38O2Si/c1-21-12-10-16(24-25(3,4)5)14-15(21)6-7-17-18-8-9-20(23)22(18,2)13-11-19(17)21/h15-19H,6-14H2,1-5H3. The molecule has 4 rings (SSSR count). The van der Waals surface area contributed by atoms with Gasteiger partial charge < -0.3 is 4.43 Å². The van der Waals surface area contributed by atoms with Gasteiger partial charge in [0.05, 0.1) is 0 Å². The summed E-state index contributed by atoms with van der Waals surface area (Å²) in [6.07, 6.45) is 11.7. The smallest absolute Gasteiger partial charge is 0.184 e. The van der Waals surface area contributed by atoms with Crippen molar-refractivity contribution in [3.63, 3.8) is 0 Å². The van der Waals surface area contributed by atoms with Gasteiger partial charge in [-0.2, -0.15) is 0 Å². The Morgan fingerprint density at radius 1 is 0.960 bits per heavy atom. The Morgan fingerprint density at radius 3 is 2.44 bits per heavy atom. The Labute approximate surface area is 155 Å². The molecule has 0 aliphatic heterocycles. The molecule has 0 radical (unpaired) electrons. The minimum absolute atomic E-state index is 0.0303. The Hall–Kier alpha value is -0.153. The first-order valence-electron chi connectivity index (χ1n) is 10.8. The minimum Gasteiger partial charge on any atom is -0.415 e. The molecule has 0 heterocycles. The van der Waals surface area contributed by atoms with Crippen LogP contribution in [-0.4, -0.2) is 20.2 Å². The van der Waals surface area contributed by atoms with E-state index in [4.69, 9.17) is 4.43 Å². The van der Waals surface area contributed by atoms with Crippen LogP contribution in [0.2, 0.25) is 19.6 Å². The summed E-state index contributed by atoms with van der Waals surface area (Å²) in [4.78, 5) is 12.5. The molecule has 0 aromatic heterocycles. The van der Waals surface area contributed by atoms with Crippen molar-refractivity contribution in [2.45, 2.75) is 97.4 Å². The summed E-state index contributed by atoms with van der Waals surface area (Å²) in [5.41, 5.74) is 0.539. The minimum atomic E-state index is -1.43. The second-order valence-electron chi connectivity index (χ2n) is 11.2. The molecule has 0 aromatic rings. The number of carbonyl (C=O) groups is 1. The molecule has 4 saturated carbocycles. The average molecular weight is 363 g/mol. The van der Waals surface area contributed by atoms with Gasteiger partial charge in [-0.1, -0.05) is 13.8 Å². The van der Waals surface area contributed by atoms with E-state index < -0.39 is 8.32 Å². The van der Waals surface area contributed by atoms with Crippen molar-refractivity contribution in [2.75, 3.05) is 0 Å². The molecule has 7 unspecified atom stereocenters. The van der Waals surface area contributed by atoms with Crippen molar-refractivity contribution in [2.24, 2.45) is 34.5 Å². The van der Waals surface area contributed by atoms with Gasteiger partial charge in [0.1, 0.15) is 5.78 Å². The molecular weight excluding hydrogens is 324 g/mol. The van der Waals surface area contributed by atoms with Crippen molar-refractivity contribution in [1.82, 2.24) is 0 Å². The first-order chi connectivity index (χ1) is 11.6. The predicted octanol–water partition coefficient (Wildman–Crippen LogP) is 5.82. The van der Waals surface area contributed by atoms with Crippen LogP contribution in [0.4, 0.5) is 0 Å². The molecule has 0 N–H and O–H groups in total. The summed E-state index contributed by atoms with van der Waals surface area (Å²) in [5.74, 6) is 3.80. The van der Waals surface area contributed by atoms with E-state index in [1.165, 1.54) is 44.9 Å². The average Bonchev–Trinajstić information content (AvgIpc) is 2.82. The maximum absolute atomic E-state index is 12.5. The van der Waals surface area contributed by atoms with Gasteiger partial charge in [0.15, 0.2) is 8.32 Å². The summed E-state index contributed by atoms with van der Waals surface area (Å²) in [5, 5.41) is 0. The van der Waals surface area contributed by atoms with Crippen LogP contribution in [0.5, 0.6) is 0 Å². The van der Waals surface area contributed by atoms with Gasteiger partial charge in [-0.25, -0.2) is 0 Å². The van der Waals surface area contributed by atoms with Crippen LogP contribution in [0.1, 0.15) is 71.6 Å². The highest BCUT2D eigenvalue weighted by atomic mass is 28.4. The Balaban J connectivity index is 1.52.